The standard InChI is InChI=1S/C32H36N4O3/c1-6-36(7-2)20-10-19-33-32(37)22-17-15-21(16-18-22)27-23-11-8-14-26(39-5)30(23)35(3)31-24-12-9-13-25(38-4)28(24)34-29(27)31/h8-9,11-18H,6-7,10,19-20H2,1-5H3,(H,33,37)/p+1. The second-order valence-electron chi connectivity index (χ2n) is 9.74. The second kappa shape index (κ2) is 11.3. The first-order valence-electron chi connectivity index (χ1n) is 13.6. The van der Waals surface area contributed by atoms with E-state index >= 15 is 0 Å². The second-order valence-corrected chi connectivity index (χ2v) is 9.74. The van der Waals surface area contributed by atoms with Crippen LogP contribution in [0.15, 0.2) is 60.7 Å². The lowest BCUT2D eigenvalue weighted by molar-refractivity contribution is -0.617. The van der Waals surface area contributed by atoms with Crippen LogP contribution in [0.4, 0.5) is 0 Å². The predicted molar refractivity (Wildman–Crippen MR) is 158 cm³/mol. The molecule has 0 bridgehead atoms. The third-order valence-electron chi connectivity index (χ3n) is 7.66. The Kier molecular flexibility index (Phi) is 7.70. The molecule has 0 unspecified atom stereocenters. The van der Waals surface area contributed by atoms with Gasteiger partial charge in [0.15, 0.2) is 5.75 Å². The number of hydrogen-bond acceptors (Lipinski definition) is 4. The molecule has 0 radical (unpaired) electrons. The van der Waals surface area contributed by atoms with Crippen LogP contribution in [0.5, 0.6) is 11.5 Å². The highest BCUT2D eigenvalue weighted by Gasteiger charge is 2.27. The molecule has 5 rings (SSSR count). The molecule has 2 N–H and O–H groups in total. The Morgan fingerprint density at radius 3 is 2.21 bits per heavy atom. The van der Waals surface area contributed by atoms with Crippen molar-refractivity contribution in [3.63, 3.8) is 0 Å². The number of carbonyl (C=O) groups excluding carboxylic acids is 1. The fraction of sp³-hybridized carbons (Fsp3) is 0.312. The predicted octanol–water partition coefficient (Wildman–Crippen LogP) is 5.44. The summed E-state index contributed by atoms with van der Waals surface area (Å²) in [6.07, 6.45) is 0.933. The van der Waals surface area contributed by atoms with E-state index in [1.54, 1.807) is 14.2 Å². The lowest BCUT2D eigenvalue weighted by Gasteiger charge is -2.17. The fourth-order valence-electron chi connectivity index (χ4n) is 5.59. The molecule has 1 amide bonds. The quantitative estimate of drug-likeness (QED) is 0.188. The van der Waals surface area contributed by atoms with Gasteiger partial charge in [-0.1, -0.05) is 38.1 Å². The van der Waals surface area contributed by atoms with Gasteiger partial charge >= 0.3 is 0 Å². The minimum absolute atomic E-state index is 0.0485. The number of methoxy groups -OCH3 is 2. The summed E-state index contributed by atoms with van der Waals surface area (Å²) in [6.45, 7) is 8.03. The van der Waals surface area contributed by atoms with Crippen molar-refractivity contribution in [2.24, 2.45) is 7.05 Å². The highest BCUT2D eigenvalue weighted by atomic mass is 16.5. The Bertz CT molecular complexity index is 1640. The summed E-state index contributed by atoms with van der Waals surface area (Å²) in [4.78, 5) is 18.9. The molecular weight excluding hydrogens is 488 g/mol. The molecule has 7 nitrogen and oxygen atoms in total. The molecule has 0 fully saturated rings. The van der Waals surface area contributed by atoms with E-state index < -0.39 is 0 Å². The summed E-state index contributed by atoms with van der Waals surface area (Å²) in [5, 5.41) is 5.20. The number of ether oxygens (including phenoxy) is 2. The molecule has 5 aromatic rings. The number of hydrogen-bond donors (Lipinski definition) is 2. The summed E-state index contributed by atoms with van der Waals surface area (Å²) in [7, 11) is 5.46. The van der Waals surface area contributed by atoms with Gasteiger partial charge in [-0.05, 0) is 68.0 Å². The Morgan fingerprint density at radius 2 is 1.54 bits per heavy atom. The Morgan fingerprint density at radius 1 is 0.872 bits per heavy atom. The van der Waals surface area contributed by atoms with Gasteiger partial charge in [0.1, 0.15) is 18.3 Å². The van der Waals surface area contributed by atoms with Crippen LogP contribution in [0.2, 0.25) is 0 Å². The van der Waals surface area contributed by atoms with Gasteiger partial charge in [-0.25, -0.2) is 0 Å². The number of nitrogens with one attached hydrogen (secondary N) is 2. The molecular formula is C32H37N4O3+. The minimum atomic E-state index is -0.0485. The molecule has 3 aromatic carbocycles. The first kappa shape index (κ1) is 26.5. The Hall–Kier alpha value is -4.10. The molecule has 2 heterocycles. The number of H-pyrrole nitrogens is 1. The molecule has 7 heteroatoms. The van der Waals surface area contributed by atoms with E-state index in [1.165, 1.54) is 0 Å². The summed E-state index contributed by atoms with van der Waals surface area (Å²) in [5.41, 5.74) is 6.74. The van der Waals surface area contributed by atoms with Gasteiger partial charge in [-0.15, -0.1) is 0 Å². The lowest BCUT2D eigenvalue weighted by atomic mass is 9.97. The van der Waals surface area contributed by atoms with Crippen LogP contribution in [-0.2, 0) is 7.05 Å². The number of para-hydroxylation sites is 2. The first-order valence-corrected chi connectivity index (χ1v) is 13.6. The smallest absolute Gasteiger partial charge is 0.255 e. The summed E-state index contributed by atoms with van der Waals surface area (Å²) in [6, 6.07) is 20.1. The number of benzene rings is 3. The minimum Gasteiger partial charge on any atom is -0.495 e. The first-order chi connectivity index (χ1) is 19.0. The zero-order chi connectivity index (χ0) is 27.5. The van der Waals surface area contributed by atoms with E-state index in [1.807, 2.05) is 48.5 Å². The third-order valence-corrected chi connectivity index (χ3v) is 7.66. The average molecular weight is 526 g/mol. The molecule has 2 aromatic heterocycles. The van der Waals surface area contributed by atoms with Crippen molar-refractivity contribution in [1.29, 1.82) is 0 Å². The number of rotatable bonds is 10. The van der Waals surface area contributed by atoms with Gasteiger partial charge in [0.05, 0.1) is 30.5 Å². The zero-order valence-corrected chi connectivity index (χ0v) is 23.4. The van der Waals surface area contributed by atoms with Crippen molar-refractivity contribution in [2.75, 3.05) is 40.4 Å². The van der Waals surface area contributed by atoms with E-state index in [0.717, 1.165) is 81.5 Å². The van der Waals surface area contributed by atoms with Crippen LogP contribution in [0.1, 0.15) is 30.6 Å². The van der Waals surface area contributed by atoms with Crippen LogP contribution in [-0.4, -0.2) is 56.2 Å². The summed E-state index contributed by atoms with van der Waals surface area (Å²) < 4.78 is 13.7. The van der Waals surface area contributed by atoms with E-state index in [-0.39, 0.29) is 5.91 Å². The zero-order valence-electron chi connectivity index (χ0n) is 23.4. The number of aromatic amines is 1. The topological polar surface area (TPSA) is 70.5 Å². The van der Waals surface area contributed by atoms with Gasteiger partial charge < -0.3 is 24.7 Å². The van der Waals surface area contributed by atoms with Gasteiger partial charge in [0.25, 0.3) is 11.4 Å². The van der Waals surface area contributed by atoms with Crippen molar-refractivity contribution in [2.45, 2.75) is 20.3 Å². The number of aryl methyl sites for hydroxylation is 1. The summed E-state index contributed by atoms with van der Waals surface area (Å²) >= 11 is 0. The van der Waals surface area contributed by atoms with E-state index in [0.29, 0.717) is 12.1 Å². The molecule has 0 saturated heterocycles. The largest absolute Gasteiger partial charge is 0.495 e. The number of nitrogens with zero attached hydrogens (tertiary/aromatic N) is 2. The van der Waals surface area contributed by atoms with Crippen LogP contribution < -0.4 is 19.4 Å². The van der Waals surface area contributed by atoms with Crippen LogP contribution in [0, 0.1) is 0 Å². The molecule has 0 spiro atoms. The number of carbonyl (C=O) groups is 1. The molecule has 39 heavy (non-hydrogen) atoms. The Labute approximate surface area is 229 Å². The molecule has 0 aliphatic rings. The maximum Gasteiger partial charge on any atom is 0.255 e. The Balaban J connectivity index is 1.58. The highest BCUT2D eigenvalue weighted by molar-refractivity contribution is 6.16. The molecule has 0 aliphatic carbocycles. The summed E-state index contributed by atoms with van der Waals surface area (Å²) in [5.74, 6) is 1.54. The van der Waals surface area contributed by atoms with Crippen molar-refractivity contribution < 1.29 is 18.8 Å². The van der Waals surface area contributed by atoms with Crippen molar-refractivity contribution in [1.82, 2.24) is 15.2 Å². The number of aromatic nitrogens is 2. The maximum atomic E-state index is 12.9. The average Bonchev–Trinajstić information content (AvgIpc) is 3.37. The van der Waals surface area contributed by atoms with Crippen LogP contribution >= 0.6 is 0 Å². The van der Waals surface area contributed by atoms with Gasteiger partial charge in [0.2, 0.25) is 5.52 Å². The van der Waals surface area contributed by atoms with E-state index in [4.69, 9.17) is 9.47 Å². The van der Waals surface area contributed by atoms with Gasteiger partial charge in [0, 0.05) is 17.7 Å². The number of fused-ring (bicyclic) bond motifs is 4. The third kappa shape index (κ3) is 4.79. The van der Waals surface area contributed by atoms with E-state index in [2.05, 4.69) is 52.8 Å². The molecule has 202 valence electrons. The lowest BCUT2D eigenvalue weighted by Crippen LogP contribution is -2.30. The monoisotopic (exact) mass is 525 g/mol. The van der Waals surface area contributed by atoms with Crippen LogP contribution in [0.3, 0.4) is 0 Å². The highest BCUT2D eigenvalue weighted by Crippen LogP contribution is 2.40. The maximum absolute atomic E-state index is 12.9. The molecule has 0 aliphatic heterocycles. The van der Waals surface area contributed by atoms with E-state index in [9.17, 15) is 4.79 Å². The van der Waals surface area contributed by atoms with Crippen molar-refractivity contribution >= 4 is 38.7 Å². The van der Waals surface area contributed by atoms with Crippen molar-refractivity contribution in [3.05, 3.63) is 66.2 Å². The van der Waals surface area contributed by atoms with Gasteiger partial charge in [-0.2, -0.15) is 4.57 Å². The molecule has 0 saturated carbocycles. The van der Waals surface area contributed by atoms with Gasteiger partial charge in [-0.3, -0.25) is 4.79 Å². The van der Waals surface area contributed by atoms with Crippen LogP contribution in [0.25, 0.3) is 44.0 Å². The number of amides is 1. The fourth-order valence-corrected chi connectivity index (χ4v) is 5.59. The van der Waals surface area contributed by atoms with Crippen molar-refractivity contribution in [3.8, 4) is 22.6 Å². The molecule has 0 atom stereocenters. The SMILES string of the molecule is CCN(CC)CCCNC(=O)c1ccc(-c2c3cccc(OC)c3[n+](C)c3c2[nH]c2c(OC)cccc23)cc1. The number of pyridine rings is 1. The normalized spacial score (nSPS) is 11.5.